The van der Waals surface area contributed by atoms with Crippen LogP contribution in [0, 0.1) is 0 Å². The number of rotatable bonds is 4. The molecular formula is C16H20N2O3S. The minimum atomic E-state index is -0.850. The monoisotopic (exact) mass is 320 g/mol. The standard InChI is InChI=1S/C16H20N2O3S/c17-22-11-5-6-14-16(9-11)21-8-7-18(14)13-4-2-1-3-12(13)15(20)10-19/h3-6,9,15,19-20H,1-2,7-8,10,17H2. The van der Waals surface area contributed by atoms with Crippen LogP contribution < -0.4 is 14.8 Å². The molecule has 6 heteroatoms. The second kappa shape index (κ2) is 6.75. The first kappa shape index (κ1) is 15.4. The van der Waals surface area contributed by atoms with Gasteiger partial charge in [0.05, 0.1) is 18.8 Å². The first-order chi connectivity index (χ1) is 10.7. The Morgan fingerprint density at radius 3 is 2.91 bits per heavy atom. The summed E-state index contributed by atoms with van der Waals surface area (Å²) < 4.78 is 5.74. The molecule has 1 aliphatic carbocycles. The van der Waals surface area contributed by atoms with E-state index in [1.807, 2.05) is 24.3 Å². The fraction of sp³-hybridized carbons (Fsp3) is 0.375. The molecule has 0 amide bonds. The number of anilines is 1. The van der Waals surface area contributed by atoms with Crippen LogP contribution >= 0.6 is 11.9 Å². The summed E-state index contributed by atoms with van der Waals surface area (Å²) in [7, 11) is 0. The highest BCUT2D eigenvalue weighted by molar-refractivity contribution is 7.97. The van der Waals surface area contributed by atoms with Gasteiger partial charge < -0.3 is 19.8 Å². The lowest BCUT2D eigenvalue weighted by molar-refractivity contribution is 0.123. The second-order valence-electron chi connectivity index (χ2n) is 5.27. The maximum Gasteiger partial charge on any atom is 0.144 e. The third kappa shape index (κ3) is 2.87. The Balaban J connectivity index is 1.96. The van der Waals surface area contributed by atoms with Crippen molar-refractivity contribution in [2.45, 2.75) is 23.8 Å². The van der Waals surface area contributed by atoms with Crippen LogP contribution in [0.4, 0.5) is 5.69 Å². The lowest BCUT2D eigenvalue weighted by atomic mass is 9.97. The number of benzene rings is 1. The molecule has 4 N–H and O–H groups in total. The quantitative estimate of drug-likeness (QED) is 0.734. The molecule has 118 valence electrons. The summed E-state index contributed by atoms with van der Waals surface area (Å²) in [5, 5.41) is 25.0. The van der Waals surface area contributed by atoms with Gasteiger partial charge in [-0.2, -0.15) is 0 Å². The molecule has 22 heavy (non-hydrogen) atoms. The van der Waals surface area contributed by atoms with Gasteiger partial charge in [0.15, 0.2) is 0 Å². The molecule has 0 aromatic heterocycles. The van der Waals surface area contributed by atoms with E-state index in [1.165, 1.54) is 11.9 Å². The van der Waals surface area contributed by atoms with Crippen molar-refractivity contribution in [1.29, 1.82) is 0 Å². The number of aliphatic hydroxyl groups is 2. The number of nitrogens with zero attached hydrogens (tertiary/aromatic N) is 1. The van der Waals surface area contributed by atoms with Crippen LogP contribution in [-0.2, 0) is 0 Å². The highest BCUT2D eigenvalue weighted by Gasteiger charge is 2.27. The van der Waals surface area contributed by atoms with Crippen molar-refractivity contribution in [2.24, 2.45) is 5.14 Å². The Hall–Kier alpha value is -1.47. The Morgan fingerprint density at radius 2 is 2.14 bits per heavy atom. The minimum Gasteiger partial charge on any atom is -0.489 e. The van der Waals surface area contributed by atoms with Crippen molar-refractivity contribution < 1.29 is 14.9 Å². The largest absolute Gasteiger partial charge is 0.489 e. The van der Waals surface area contributed by atoms with Gasteiger partial charge >= 0.3 is 0 Å². The van der Waals surface area contributed by atoms with E-state index in [9.17, 15) is 10.2 Å². The van der Waals surface area contributed by atoms with Crippen molar-refractivity contribution in [3.8, 4) is 5.75 Å². The minimum absolute atomic E-state index is 0.275. The number of hydrogen-bond donors (Lipinski definition) is 3. The third-order valence-corrected chi connectivity index (χ3v) is 4.44. The molecule has 1 heterocycles. The Bertz CT molecular complexity index is 615. The smallest absolute Gasteiger partial charge is 0.144 e. The van der Waals surface area contributed by atoms with E-state index in [-0.39, 0.29) is 6.61 Å². The van der Waals surface area contributed by atoms with Gasteiger partial charge in [-0.3, -0.25) is 5.14 Å². The van der Waals surface area contributed by atoms with E-state index in [2.05, 4.69) is 11.0 Å². The Morgan fingerprint density at radius 1 is 1.32 bits per heavy atom. The summed E-state index contributed by atoms with van der Waals surface area (Å²) >= 11 is 1.19. The number of hydrogen-bond acceptors (Lipinski definition) is 6. The second-order valence-corrected chi connectivity index (χ2v) is 5.98. The first-order valence-electron chi connectivity index (χ1n) is 7.35. The molecule has 2 aliphatic rings. The highest BCUT2D eigenvalue weighted by atomic mass is 32.2. The topological polar surface area (TPSA) is 79.0 Å². The number of nitrogens with two attached hydrogens (primary N) is 1. The summed E-state index contributed by atoms with van der Waals surface area (Å²) in [6.07, 6.45) is 5.09. The molecule has 5 nitrogen and oxygen atoms in total. The Labute approximate surface area is 134 Å². The zero-order valence-corrected chi connectivity index (χ0v) is 13.1. The average molecular weight is 320 g/mol. The van der Waals surface area contributed by atoms with E-state index in [0.717, 1.165) is 40.4 Å². The summed E-state index contributed by atoms with van der Waals surface area (Å²) in [6.45, 7) is 1.01. The zero-order valence-electron chi connectivity index (χ0n) is 12.2. The Kier molecular flexibility index (Phi) is 4.73. The van der Waals surface area contributed by atoms with Crippen molar-refractivity contribution >= 4 is 17.6 Å². The molecule has 1 atom stereocenters. The number of aliphatic hydroxyl groups excluding tert-OH is 2. The fourth-order valence-electron chi connectivity index (χ4n) is 2.88. The van der Waals surface area contributed by atoms with Gasteiger partial charge in [-0.15, -0.1) is 0 Å². The lowest BCUT2D eigenvalue weighted by Gasteiger charge is -2.36. The molecule has 3 rings (SSSR count). The normalized spacial score (nSPS) is 19.0. The molecule has 1 unspecified atom stereocenters. The van der Waals surface area contributed by atoms with E-state index in [1.54, 1.807) is 0 Å². The van der Waals surface area contributed by atoms with Crippen molar-refractivity contribution in [2.75, 3.05) is 24.7 Å². The van der Waals surface area contributed by atoms with Gasteiger partial charge in [0, 0.05) is 16.2 Å². The average Bonchev–Trinajstić information content (AvgIpc) is 2.60. The third-order valence-electron chi connectivity index (χ3n) is 3.92. The predicted octanol–water partition coefficient (Wildman–Crippen LogP) is 1.81. The molecule has 0 bridgehead atoms. The van der Waals surface area contributed by atoms with Crippen molar-refractivity contribution in [1.82, 2.24) is 0 Å². The molecule has 1 aliphatic heterocycles. The zero-order chi connectivity index (χ0) is 15.5. The number of fused-ring (bicyclic) bond motifs is 1. The van der Waals surface area contributed by atoms with Gasteiger partial charge in [-0.25, -0.2) is 0 Å². The first-order valence-corrected chi connectivity index (χ1v) is 8.23. The van der Waals surface area contributed by atoms with Crippen LogP contribution in [-0.4, -0.2) is 36.1 Å². The van der Waals surface area contributed by atoms with E-state index in [0.29, 0.717) is 13.2 Å². The summed E-state index contributed by atoms with van der Waals surface area (Å²) in [5.74, 6) is 0.797. The predicted molar refractivity (Wildman–Crippen MR) is 87.8 cm³/mol. The van der Waals surface area contributed by atoms with Crippen LogP contribution in [0.5, 0.6) is 5.75 Å². The number of allylic oxidation sites excluding steroid dienone is 2. The van der Waals surface area contributed by atoms with Gasteiger partial charge in [0.2, 0.25) is 0 Å². The van der Waals surface area contributed by atoms with E-state index < -0.39 is 6.10 Å². The van der Waals surface area contributed by atoms with Crippen molar-refractivity contribution in [3.63, 3.8) is 0 Å². The van der Waals surface area contributed by atoms with Crippen molar-refractivity contribution in [3.05, 3.63) is 41.6 Å². The van der Waals surface area contributed by atoms with Gasteiger partial charge in [0.1, 0.15) is 18.5 Å². The molecular weight excluding hydrogens is 300 g/mol. The maximum atomic E-state index is 10.1. The van der Waals surface area contributed by atoms with Crippen LogP contribution in [0.1, 0.15) is 12.8 Å². The van der Waals surface area contributed by atoms with E-state index in [4.69, 9.17) is 9.88 Å². The molecule has 1 aromatic carbocycles. The maximum absolute atomic E-state index is 10.1. The van der Waals surface area contributed by atoms with Crippen LogP contribution in [0.2, 0.25) is 0 Å². The van der Waals surface area contributed by atoms with Crippen LogP contribution in [0.25, 0.3) is 0 Å². The highest BCUT2D eigenvalue weighted by Crippen LogP contribution is 2.39. The van der Waals surface area contributed by atoms with Gasteiger partial charge in [-0.05, 0) is 43.0 Å². The molecule has 0 radical (unpaired) electrons. The molecule has 0 saturated heterocycles. The number of ether oxygens (including phenoxy) is 1. The molecule has 1 aromatic rings. The molecule has 0 spiro atoms. The van der Waals surface area contributed by atoms with E-state index >= 15 is 0 Å². The van der Waals surface area contributed by atoms with Gasteiger partial charge in [0.25, 0.3) is 0 Å². The van der Waals surface area contributed by atoms with Crippen LogP contribution in [0.3, 0.4) is 0 Å². The van der Waals surface area contributed by atoms with Gasteiger partial charge in [-0.1, -0.05) is 12.2 Å². The fourth-order valence-corrected chi connectivity index (χ4v) is 3.20. The lowest BCUT2D eigenvalue weighted by Crippen LogP contribution is -2.35. The molecule has 0 fully saturated rings. The van der Waals surface area contributed by atoms with Crippen LogP contribution in [0.15, 0.2) is 46.5 Å². The molecule has 0 saturated carbocycles. The summed E-state index contributed by atoms with van der Waals surface area (Å²) in [5.41, 5.74) is 2.72. The SMILES string of the molecule is NSc1ccc2c(c1)OCCN2C1=CCCC=C1C(O)CO. The summed E-state index contributed by atoms with van der Waals surface area (Å²) in [6, 6.07) is 5.88. The summed E-state index contributed by atoms with van der Waals surface area (Å²) in [4.78, 5) is 3.10.